The molecular weight excluding hydrogens is 234 g/mol. The first kappa shape index (κ1) is 14.5. The largest absolute Gasteiger partial charge is 0.464 e. The Kier molecular flexibility index (Phi) is 5.19. The van der Waals surface area contributed by atoms with Crippen molar-refractivity contribution in [3.63, 3.8) is 0 Å². The minimum Gasteiger partial charge on any atom is -0.464 e. The minimum absolute atomic E-state index is 0.0738. The van der Waals surface area contributed by atoms with E-state index >= 15 is 0 Å². The van der Waals surface area contributed by atoms with Crippen molar-refractivity contribution in [2.75, 3.05) is 13.2 Å². The SMILES string of the molecule is C=CC1CC1(NC(=O)OCCCC)C(=O)OCC. The maximum absolute atomic E-state index is 11.8. The Labute approximate surface area is 108 Å². The van der Waals surface area contributed by atoms with Crippen molar-refractivity contribution in [2.24, 2.45) is 5.92 Å². The van der Waals surface area contributed by atoms with E-state index in [0.717, 1.165) is 12.8 Å². The molecule has 0 saturated heterocycles. The summed E-state index contributed by atoms with van der Waals surface area (Å²) in [6.45, 7) is 8.04. The lowest BCUT2D eigenvalue weighted by atomic mass is 10.2. The molecule has 0 spiro atoms. The average Bonchev–Trinajstić information content (AvgIpc) is 3.04. The average molecular weight is 255 g/mol. The summed E-state index contributed by atoms with van der Waals surface area (Å²) < 4.78 is 9.96. The fourth-order valence-electron chi connectivity index (χ4n) is 1.79. The summed E-state index contributed by atoms with van der Waals surface area (Å²) in [4.78, 5) is 23.4. The van der Waals surface area contributed by atoms with Crippen LogP contribution in [0.1, 0.15) is 33.1 Å². The van der Waals surface area contributed by atoms with Crippen LogP contribution in [0.5, 0.6) is 0 Å². The third-order valence-electron chi connectivity index (χ3n) is 3.00. The number of hydrogen-bond acceptors (Lipinski definition) is 4. The van der Waals surface area contributed by atoms with E-state index in [2.05, 4.69) is 11.9 Å². The zero-order valence-electron chi connectivity index (χ0n) is 11.0. The maximum atomic E-state index is 11.8. The topological polar surface area (TPSA) is 64.6 Å². The van der Waals surface area contributed by atoms with E-state index in [1.165, 1.54) is 0 Å². The summed E-state index contributed by atoms with van der Waals surface area (Å²) in [7, 11) is 0. The van der Waals surface area contributed by atoms with Crippen LogP contribution < -0.4 is 5.32 Å². The third-order valence-corrected chi connectivity index (χ3v) is 3.00. The first-order chi connectivity index (χ1) is 8.60. The van der Waals surface area contributed by atoms with Gasteiger partial charge in [0.15, 0.2) is 0 Å². The van der Waals surface area contributed by atoms with E-state index in [1.807, 2.05) is 6.92 Å². The highest BCUT2D eigenvalue weighted by Gasteiger charge is 2.61. The summed E-state index contributed by atoms with van der Waals surface area (Å²) in [5.41, 5.74) is -0.957. The molecule has 1 aliphatic carbocycles. The number of ether oxygens (including phenoxy) is 2. The highest BCUT2D eigenvalue weighted by molar-refractivity contribution is 5.90. The van der Waals surface area contributed by atoms with Gasteiger partial charge in [0.1, 0.15) is 5.54 Å². The van der Waals surface area contributed by atoms with Gasteiger partial charge in [-0.15, -0.1) is 6.58 Å². The van der Waals surface area contributed by atoms with Crippen LogP contribution in [0.3, 0.4) is 0 Å². The number of nitrogens with one attached hydrogen (secondary N) is 1. The zero-order chi connectivity index (χ0) is 13.6. The molecule has 1 aliphatic rings. The van der Waals surface area contributed by atoms with Gasteiger partial charge in [-0.05, 0) is 19.8 Å². The summed E-state index contributed by atoms with van der Waals surface area (Å²) >= 11 is 0. The molecule has 102 valence electrons. The van der Waals surface area contributed by atoms with E-state index in [9.17, 15) is 9.59 Å². The molecule has 5 nitrogen and oxygen atoms in total. The molecule has 0 aromatic rings. The lowest BCUT2D eigenvalue weighted by molar-refractivity contribution is -0.147. The van der Waals surface area contributed by atoms with Gasteiger partial charge < -0.3 is 14.8 Å². The van der Waals surface area contributed by atoms with Crippen LogP contribution >= 0.6 is 0 Å². The quantitative estimate of drug-likeness (QED) is 0.429. The second kappa shape index (κ2) is 6.42. The summed E-state index contributed by atoms with van der Waals surface area (Å²) in [5.74, 6) is -0.488. The minimum atomic E-state index is -0.957. The molecule has 0 bridgehead atoms. The molecule has 0 aromatic heterocycles. The highest BCUT2D eigenvalue weighted by atomic mass is 16.6. The van der Waals surface area contributed by atoms with Crippen LogP contribution in [0.4, 0.5) is 4.79 Å². The van der Waals surface area contributed by atoms with Crippen LogP contribution in [0.15, 0.2) is 12.7 Å². The van der Waals surface area contributed by atoms with Crippen molar-refractivity contribution in [2.45, 2.75) is 38.6 Å². The van der Waals surface area contributed by atoms with Crippen molar-refractivity contribution >= 4 is 12.1 Å². The first-order valence-corrected chi connectivity index (χ1v) is 6.35. The predicted molar refractivity (Wildman–Crippen MR) is 67.1 cm³/mol. The summed E-state index contributed by atoms with van der Waals surface area (Å²) in [6, 6.07) is 0. The van der Waals surface area contributed by atoms with Gasteiger partial charge in [-0.3, -0.25) is 0 Å². The molecule has 2 atom stereocenters. The lowest BCUT2D eigenvalue weighted by Crippen LogP contribution is -2.46. The Morgan fingerprint density at radius 2 is 2.17 bits per heavy atom. The molecule has 1 N–H and O–H groups in total. The summed E-state index contributed by atoms with van der Waals surface area (Å²) in [5, 5.41) is 2.60. The maximum Gasteiger partial charge on any atom is 0.408 e. The molecule has 0 aliphatic heterocycles. The van der Waals surface area contributed by atoms with Gasteiger partial charge in [0.2, 0.25) is 0 Å². The van der Waals surface area contributed by atoms with Crippen molar-refractivity contribution in [3.05, 3.63) is 12.7 Å². The number of esters is 1. The number of unbranched alkanes of at least 4 members (excludes halogenated alkanes) is 1. The van der Waals surface area contributed by atoms with Crippen LogP contribution in [0, 0.1) is 5.92 Å². The number of carbonyl (C=O) groups excluding carboxylic acids is 2. The molecule has 0 heterocycles. The smallest absolute Gasteiger partial charge is 0.408 e. The number of amides is 1. The predicted octanol–water partition coefficient (Wildman–Crippen LogP) is 2.02. The molecule has 1 saturated carbocycles. The van der Waals surface area contributed by atoms with Crippen molar-refractivity contribution in [1.82, 2.24) is 5.32 Å². The zero-order valence-corrected chi connectivity index (χ0v) is 11.0. The van der Waals surface area contributed by atoms with Crippen LogP contribution in [-0.2, 0) is 14.3 Å². The lowest BCUT2D eigenvalue weighted by Gasteiger charge is -2.16. The van der Waals surface area contributed by atoms with Crippen molar-refractivity contribution < 1.29 is 19.1 Å². The number of alkyl carbamates (subject to hydrolysis) is 1. The molecule has 1 amide bonds. The normalized spacial score (nSPS) is 25.1. The Morgan fingerprint density at radius 1 is 1.44 bits per heavy atom. The molecule has 0 radical (unpaired) electrons. The van der Waals surface area contributed by atoms with E-state index in [-0.39, 0.29) is 12.5 Å². The molecule has 0 aromatic carbocycles. The molecule has 18 heavy (non-hydrogen) atoms. The van der Waals surface area contributed by atoms with E-state index in [1.54, 1.807) is 13.0 Å². The number of carbonyl (C=O) groups is 2. The van der Waals surface area contributed by atoms with Gasteiger partial charge in [-0.2, -0.15) is 0 Å². The van der Waals surface area contributed by atoms with Crippen molar-refractivity contribution in [1.29, 1.82) is 0 Å². The van der Waals surface area contributed by atoms with E-state index < -0.39 is 17.6 Å². The Hall–Kier alpha value is -1.52. The Morgan fingerprint density at radius 3 is 2.67 bits per heavy atom. The molecule has 1 rings (SSSR count). The highest BCUT2D eigenvalue weighted by Crippen LogP contribution is 2.45. The van der Waals surface area contributed by atoms with Gasteiger partial charge in [-0.1, -0.05) is 19.4 Å². The first-order valence-electron chi connectivity index (χ1n) is 6.35. The fraction of sp³-hybridized carbons (Fsp3) is 0.692. The van der Waals surface area contributed by atoms with Crippen molar-refractivity contribution in [3.8, 4) is 0 Å². The van der Waals surface area contributed by atoms with Gasteiger partial charge in [0, 0.05) is 5.92 Å². The van der Waals surface area contributed by atoms with Gasteiger partial charge in [-0.25, -0.2) is 9.59 Å². The number of hydrogen-bond donors (Lipinski definition) is 1. The Bertz CT molecular complexity index is 329. The molecule has 1 fully saturated rings. The number of rotatable bonds is 7. The van der Waals surface area contributed by atoms with Gasteiger partial charge in [0.05, 0.1) is 13.2 Å². The van der Waals surface area contributed by atoms with E-state index in [4.69, 9.17) is 9.47 Å². The van der Waals surface area contributed by atoms with Crippen LogP contribution in [-0.4, -0.2) is 30.8 Å². The standard InChI is InChI=1S/C13H21NO4/c1-4-7-8-18-12(16)14-13(9-10(13)5-2)11(15)17-6-3/h5,10H,2,4,6-9H2,1,3H3,(H,14,16). The van der Waals surface area contributed by atoms with Gasteiger partial charge >= 0.3 is 12.1 Å². The van der Waals surface area contributed by atoms with E-state index in [0.29, 0.717) is 13.0 Å². The second-order valence-corrected chi connectivity index (χ2v) is 4.35. The molecular formula is C13H21NO4. The molecule has 5 heteroatoms. The van der Waals surface area contributed by atoms with Crippen LogP contribution in [0.2, 0.25) is 0 Å². The van der Waals surface area contributed by atoms with Gasteiger partial charge in [0.25, 0.3) is 0 Å². The monoisotopic (exact) mass is 255 g/mol. The second-order valence-electron chi connectivity index (χ2n) is 4.35. The van der Waals surface area contributed by atoms with Crippen LogP contribution in [0.25, 0.3) is 0 Å². The fourth-order valence-corrected chi connectivity index (χ4v) is 1.79. The third kappa shape index (κ3) is 3.24. The molecule has 2 unspecified atom stereocenters. The Balaban J connectivity index is 2.51. The summed E-state index contributed by atoms with van der Waals surface area (Å²) in [6.07, 6.45) is 3.37.